The quantitative estimate of drug-likeness (QED) is 0.436. The van der Waals surface area contributed by atoms with Gasteiger partial charge < -0.3 is 25.7 Å². The van der Waals surface area contributed by atoms with Crippen molar-refractivity contribution in [2.45, 2.75) is 44.7 Å². The first kappa shape index (κ1) is 23.2. The highest BCUT2D eigenvalue weighted by molar-refractivity contribution is 6.05. The van der Waals surface area contributed by atoms with Crippen LogP contribution in [0.5, 0.6) is 5.75 Å². The third-order valence-corrected chi connectivity index (χ3v) is 7.22. The fourth-order valence-electron chi connectivity index (χ4n) is 5.09. The van der Waals surface area contributed by atoms with Crippen LogP contribution in [0.2, 0.25) is 0 Å². The predicted molar refractivity (Wildman–Crippen MR) is 134 cm³/mol. The molecule has 2 aliphatic rings. The Hall–Kier alpha value is -3.59. The van der Waals surface area contributed by atoms with Crippen LogP contribution in [0.15, 0.2) is 41.2 Å². The van der Waals surface area contributed by atoms with Crippen molar-refractivity contribution < 1.29 is 14.3 Å². The van der Waals surface area contributed by atoms with Crippen molar-refractivity contribution in [1.29, 1.82) is 0 Å². The number of nitrogens with one attached hydrogen (secondary N) is 4. The maximum atomic E-state index is 12.9. The van der Waals surface area contributed by atoms with Crippen molar-refractivity contribution in [3.05, 3.63) is 58.0 Å². The number of aryl methyl sites for hydroxylation is 1. The number of ether oxygens (including phenoxy) is 1. The molecule has 9 nitrogen and oxygen atoms in total. The number of benzene rings is 2. The van der Waals surface area contributed by atoms with Crippen LogP contribution in [0.25, 0.3) is 11.0 Å². The Kier molecular flexibility index (Phi) is 6.34. The Morgan fingerprint density at radius 2 is 1.86 bits per heavy atom. The summed E-state index contributed by atoms with van der Waals surface area (Å²) in [4.78, 5) is 41.5. The van der Waals surface area contributed by atoms with E-state index in [4.69, 9.17) is 4.74 Å². The number of fused-ring (bicyclic) bond motifs is 1. The molecule has 9 heteroatoms. The summed E-state index contributed by atoms with van der Waals surface area (Å²) >= 11 is 0. The monoisotopic (exact) mass is 477 g/mol. The molecule has 1 saturated carbocycles. The number of hydrogen-bond donors (Lipinski definition) is 4. The second-order valence-corrected chi connectivity index (χ2v) is 9.51. The van der Waals surface area contributed by atoms with Gasteiger partial charge in [-0.3, -0.25) is 14.2 Å². The van der Waals surface area contributed by atoms with Gasteiger partial charge in [0.15, 0.2) is 0 Å². The highest BCUT2D eigenvalue weighted by Crippen LogP contribution is 2.34. The fourth-order valence-corrected chi connectivity index (χ4v) is 5.09. The van der Waals surface area contributed by atoms with Gasteiger partial charge in [0.2, 0.25) is 5.91 Å². The molecule has 0 bridgehead atoms. The van der Waals surface area contributed by atoms with Gasteiger partial charge in [-0.2, -0.15) is 0 Å². The van der Waals surface area contributed by atoms with Crippen molar-refractivity contribution in [3.8, 4) is 5.75 Å². The van der Waals surface area contributed by atoms with E-state index in [1.54, 1.807) is 17.7 Å². The largest absolute Gasteiger partial charge is 0.496 e. The second-order valence-electron chi connectivity index (χ2n) is 9.51. The lowest BCUT2D eigenvalue weighted by molar-refractivity contribution is -0.121. The van der Waals surface area contributed by atoms with Crippen LogP contribution in [0.1, 0.15) is 47.6 Å². The Morgan fingerprint density at radius 1 is 1.09 bits per heavy atom. The van der Waals surface area contributed by atoms with Gasteiger partial charge in [-0.25, -0.2) is 4.79 Å². The van der Waals surface area contributed by atoms with Gasteiger partial charge in [0.25, 0.3) is 5.91 Å². The summed E-state index contributed by atoms with van der Waals surface area (Å²) in [6.07, 6.45) is 2.81. The van der Waals surface area contributed by atoms with E-state index in [1.807, 2.05) is 37.3 Å². The van der Waals surface area contributed by atoms with Crippen molar-refractivity contribution >= 4 is 28.5 Å². The zero-order chi connectivity index (χ0) is 24.5. The van der Waals surface area contributed by atoms with Crippen molar-refractivity contribution in [2.24, 2.45) is 5.92 Å². The van der Waals surface area contributed by atoms with E-state index in [0.29, 0.717) is 36.8 Å². The molecule has 35 heavy (non-hydrogen) atoms. The van der Waals surface area contributed by atoms with Gasteiger partial charge in [0, 0.05) is 36.8 Å². The minimum absolute atomic E-state index is 0.00919. The molecular weight excluding hydrogens is 446 g/mol. The van der Waals surface area contributed by atoms with E-state index in [9.17, 15) is 14.4 Å². The van der Waals surface area contributed by atoms with Gasteiger partial charge in [0.05, 0.1) is 29.7 Å². The molecule has 1 aliphatic heterocycles. The molecular formula is C26H31N5O4. The van der Waals surface area contributed by atoms with Crippen LogP contribution in [-0.4, -0.2) is 47.6 Å². The van der Waals surface area contributed by atoms with Gasteiger partial charge in [-0.05, 0) is 56.4 Å². The number of para-hydroxylation sites is 1. The lowest BCUT2D eigenvalue weighted by Crippen LogP contribution is -2.56. The minimum Gasteiger partial charge on any atom is -0.496 e. The molecule has 2 amide bonds. The molecule has 1 aliphatic carbocycles. The Balaban J connectivity index is 1.28. The normalized spacial score (nSPS) is 20.3. The van der Waals surface area contributed by atoms with Gasteiger partial charge >= 0.3 is 5.69 Å². The number of carbonyl (C=O) groups excluding carboxylic acids is 2. The highest BCUT2D eigenvalue weighted by atomic mass is 16.5. The van der Waals surface area contributed by atoms with Crippen molar-refractivity contribution in [1.82, 2.24) is 20.2 Å². The smallest absolute Gasteiger partial charge is 0.326 e. The van der Waals surface area contributed by atoms with E-state index < -0.39 is 0 Å². The number of aromatic amines is 1. The molecule has 1 saturated heterocycles. The number of nitrogens with zero attached hydrogens (tertiary/aromatic N) is 1. The highest BCUT2D eigenvalue weighted by Gasteiger charge is 2.30. The summed E-state index contributed by atoms with van der Waals surface area (Å²) in [5.74, 6) is 0.438. The molecule has 0 unspecified atom stereocenters. The lowest BCUT2D eigenvalue weighted by Gasteiger charge is -2.29. The van der Waals surface area contributed by atoms with Crippen LogP contribution in [0.3, 0.4) is 0 Å². The maximum Gasteiger partial charge on any atom is 0.326 e. The lowest BCUT2D eigenvalue weighted by atomic mass is 9.85. The molecule has 5 rings (SSSR count). The van der Waals surface area contributed by atoms with Crippen molar-refractivity contribution in [2.75, 3.05) is 25.5 Å². The summed E-state index contributed by atoms with van der Waals surface area (Å²) in [6.45, 7) is 3.47. The first-order valence-electron chi connectivity index (χ1n) is 12.1. The number of rotatable bonds is 6. The summed E-state index contributed by atoms with van der Waals surface area (Å²) in [5, 5.41) is 9.14. The van der Waals surface area contributed by atoms with Gasteiger partial charge in [0.1, 0.15) is 5.75 Å². The number of methoxy groups -OCH3 is 1. The molecule has 2 fully saturated rings. The third kappa shape index (κ3) is 4.55. The number of amides is 2. The summed E-state index contributed by atoms with van der Waals surface area (Å²) in [6, 6.07) is 11.2. The molecule has 1 aromatic heterocycles. The zero-order valence-electron chi connectivity index (χ0n) is 20.0. The van der Waals surface area contributed by atoms with Crippen LogP contribution in [-0.2, 0) is 4.79 Å². The van der Waals surface area contributed by atoms with Gasteiger partial charge in [-0.15, -0.1) is 0 Å². The number of imidazole rings is 1. The van der Waals surface area contributed by atoms with E-state index >= 15 is 0 Å². The number of H-pyrrole nitrogens is 1. The molecule has 184 valence electrons. The SMILES string of the molecule is COc1cc(NC(=O)[C@H]2CC[C@@H](n3c(=O)[nH]c4c(C(=O)NC5CNC5)cccc43)CC2)ccc1C. The van der Waals surface area contributed by atoms with Crippen LogP contribution < -0.4 is 26.4 Å². The van der Waals surface area contributed by atoms with E-state index in [2.05, 4.69) is 20.9 Å². The number of hydrogen-bond acceptors (Lipinski definition) is 5. The Labute approximate surface area is 203 Å². The van der Waals surface area contributed by atoms with Crippen molar-refractivity contribution in [3.63, 3.8) is 0 Å². The Morgan fingerprint density at radius 3 is 2.54 bits per heavy atom. The molecule has 0 radical (unpaired) electrons. The first-order chi connectivity index (χ1) is 16.9. The standard InChI is InChI=1S/C26H31N5O4/c1-15-6-9-17(12-22(15)35-2)28-24(32)16-7-10-19(11-8-16)31-21-5-3-4-20(23(21)30-26(31)34)25(33)29-18-13-27-14-18/h3-6,9,12,16,18-19,27H,7-8,10-11,13-14H2,1-2H3,(H,28,32)(H,29,33)(H,30,34)/t16-,19+. The second kappa shape index (κ2) is 9.58. The maximum absolute atomic E-state index is 12.9. The molecule has 0 spiro atoms. The number of aromatic nitrogens is 2. The van der Waals surface area contributed by atoms with Crippen LogP contribution >= 0.6 is 0 Å². The number of anilines is 1. The summed E-state index contributed by atoms with van der Waals surface area (Å²) in [5.41, 5.74) is 3.29. The van der Waals surface area contributed by atoms with Gasteiger partial charge in [-0.1, -0.05) is 12.1 Å². The molecule has 0 atom stereocenters. The summed E-state index contributed by atoms with van der Waals surface area (Å²) < 4.78 is 7.11. The molecule has 4 N–H and O–H groups in total. The van der Waals surface area contributed by atoms with Crippen LogP contribution in [0.4, 0.5) is 5.69 Å². The molecule has 3 aromatic rings. The van der Waals surface area contributed by atoms with Crippen LogP contribution in [0, 0.1) is 12.8 Å². The average Bonchev–Trinajstić information content (AvgIpc) is 3.18. The Bertz CT molecular complexity index is 1320. The number of carbonyl (C=O) groups is 2. The average molecular weight is 478 g/mol. The topological polar surface area (TPSA) is 117 Å². The minimum atomic E-state index is -0.217. The predicted octanol–water partition coefficient (Wildman–Crippen LogP) is 2.72. The third-order valence-electron chi connectivity index (χ3n) is 7.22. The van der Waals surface area contributed by atoms with E-state index in [-0.39, 0.29) is 35.5 Å². The van der Waals surface area contributed by atoms with E-state index in [1.165, 1.54) is 0 Å². The fraction of sp³-hybridized carbons (Fsp3) is 0.423. The first-order valence-corrected chi connectivity index (χ1v) is 12.1. The molecule has 2 aromatic carbocycles. The molecule has 2 heterocycles. The summed E-state index contributed by atoms with van der Waals surface area (Å²) in [7, 11) is 1.61. The zero-order valence-corrected chi connectivity index (χ0v) is 20.0. The van der Waals surface area contributed by atoms with E-state index in [0.717, 1.165) is 35.6 Å².